The van der Waals surface area contributed by atoms with E-state index in [1.54, 1.807) is 17.5 Å². The van der Waals surface area contributed by atoms with Crippen molar-refractivity contribution >= 4 is 21.6 Å². The van der Waals surface area contributed by atoms with Crippen LogP contribution in [0.2, 0.25) is 0 Å². The van der Waals surface area contributed by atoms with Crippen LogP contribution in [-0.2, 0) is 13.1 Å². The van der Waals surface area contributed by atoms with Crippen molar-refractivity contribution in [3.8, 4) is 0 Å². The first-order valence-electron chi connectivity index (χ1n) is 5.45. The van der Waals surface area contributed by atoms with E-state index in [1.165, 1.54) is 4.70 Å². The Balaban J connectivity index is 1.65. The van der Waals surface area contributed by atoms with E-state index in [4.69, 9.17) is 0 Å². The number of rotatable bonds is 4. The molecule has 0 aliphatic heterocycles. The quantitative estimate of drug-likeness (QED) is 0.740. The average molecular weight is 244 g/mol. The van der Waals surface area contributed by atoms with Gasteiger partial charge in [-0.3, -0.25) is 0 Å². The summed E-state index contributed by atoms with van der Waals surface area (Å²) >= 11 is 1.73. The molecule has 0 unspecified atom stereocenters. The molecule has 0 saturated carbocycles. The number of thiazole rings is 1. The maximum Gasteiger partial charge on any atom is 0.120 e. The summed E-state index contributed by atoms with van der Waals surface area (Å²) in [4.78, 5) is 11.8. The average Bonchev–Trinajstić information content (AvgIpc) is 2.96. The van der Waals surface area contributed by atoms with Gasteiger partial charge in [0.2, 0.25) is 0 Å². The zero-order chi connectivity index (χ0) is 11.5. The maximum absolute atomic E-state index is 4.56. The van der Waals surface area contributed by atoms with Crippen molar-refractivity contribution in [3.63, 3.8) is 0 Å². The van der Waals surface area contributed by atoms with Crippen LogP contribution in [0.5, 0.6) is 0 Å². The summed E-state index contributed by atoms with van der Waals surface area (Å²) in [5.74, 6) is 0.950. The van der Waals surface area contributed by atoms with Crippen molar-refractivity contribution in [1.29, 1.82) is 0 Å². The number of para-hydroxylation sites is 1. The van der Waals surface area contributed by atoms with Gasteiger partial charge in [0.1, 0.15) is 10.8 Å². The zero-order valence-electron chi connectivity index (χ0n) is 9.18. The van der Waals surface area contributed by atoms with Gasteiger partial charge in [-0.25, -0.2) is 9.97 Å². The highest BCUT2D eigenvalue weighted by atomic mass is 32.1. The number of nitrogens with one attached hydrogen (secondary N) is 2. The smallest absolute Gasteiger partial charge is 0.120 e. The summed E-state index contributed by atoms with van der Waals surface area (Å²) in [7, 11) is 0. The van der Waals surface area contributed by atoms with Crippen LogP contribution in [0.25, 0.3) is 10.2 Å². The summed E-state index contributed by atoms with van der Waals surface area (Å²) in [6.45, 7) is 1.52. The standard InChI is InChI=1S/C12H12N4S/c1-2-4-10-9(3-1)16-12(17-10)8-13-7-11-14-5-6-15-11/h1-6,13H,7-8H2,(H,14,15). The monoisotopic (exact) mass is 244 g/mol. The molecule has 5 heteroatoms. The molecule has 0 aliphatic rings. The van der Waals surface area contributed by atoms with Gasteiger partial charge in [-0.1, -0.05) is 12.1 Å². The minimum Gasteiger partial charge on any atom is -0.348 e. The van der Waals surface area contributed by atoms with Crippen LogP contribution in [0.4, 0.5) is 0 Å². The Kier molecular flexibility index (Phi) is 2.85. The van der Waals surface area contributed by atoms with E-state index in [1.807, 2.05) is 24.4 Å². The lowest BCUT2D eigenvalue weighted by Gasteiger charge is -1.98. The second-order valence-electron chi connectivity index (χ2n) is 3.71. The van der Waals surface area contributed by atoms with E-state index in [2.05, 4.69) is 26.3 Å². The molecule has 2 aromatic heterocycles. The summed E-state index contributed by atoms with van der Waals surface area (Å²) in [6.07, 6.45) is 3.59. The summed E-state index contributed by atoms with van der Waals surface area (Å²) in [6, 6.07) is 8.20. The predicted octanol–water partition coefficient (Wildman–Crippen LogP) is 2.31. The predicted molar refractivity (Wildman–Crippen MR) is 68.8 cm³/mol. The molecule has 86 valence electrons. The van der Waals surface area contributed by atoms with Crippen LogP contribution >= 0.6 is 11.3 Å². The molecule has 0 bridgehead atoms. The molecule has 0 radical (unpaired) electrons. The minimum atomic E-state index is 0.739. The van der Waals surface area contributed by atoms with Gasteiger partial charge >= 0.3 is 0 Å². The molecule has 0 saturated heterocycles. The van der Waals surface area contributed by atoms with Crippen molar-refractivity contribution in [3.05, 3.63) is 47.5 Å². The van der Waals surface area contributed by atoms with E-state index in [0.29, 0.717) is 0 Å². The Morgan fingerprint density at radius 3 is 3.00 bits per heavy atom. The molecule has 0 aliphatic carbocycles. The van der Waals surface area contributed by atoms with Gasteiger partial charge in [-0.2, -0.15) is 0 Å². The molecule has 2 heterocycles. The van der Waals surface area contributed by atoms with Crippen molar-refractivity contribution in [2.45, 2.75) is 13.1 Å². The minimum absolute atomic E-state index is 0.739. The first kappa shape index (κ1) is 10.4. The van der Waals surface area contributed by atoms with E-state index >= 15 is 0 Å². The number of benzene rings is 1. The van der Waals surface area contributed by atoms with Crippen molar-refractivity contribution in [2.75, 3.05) is 0 Å². The summed E-state index contributed by atoms with van der Waals surface area (Å²) in [5, 5.41) is 4.43. The third-order valence-electron chi connectivity index (χ3n) is 2.46. The highest BCUT2D eigenvalue weighted by molar-refractivity contribution is 7.18. The molecular formula is C12H12N4S. The number of aromatic amines is 1. The third kappa shape index (κ3) is 2.35. The van der Waals surface area contributed by atoms with Gasteiger partial charge in [-0.15, -0.1) is 11.3 Å². The lowest BCUT2D eigenvalue weighted by atomic mass is 10.3. The number of fused-ring (bicyclic) bond motifs is 1. The topological polar surface area (TPSA) is 53.6 Å². The number of hydrogen-bond acceptors (Lipinski definition) is 4. The fourth-order valence-corrected chi connectivity index (χ4v) is 2.61. The fourth-order valence-electron chi connectivity index (χ4n) is 1.68. The Bertz CT molecular complexity index is 567. The normalized spacial score (nSPS) is 11.1. The molecule has 0 amide bonds. The highest BCUT2D eigenvalue weighted by Crippen LogP contribution is 2.21. The molecule has 3 rings (SSSR count). The van der Waals surface area contributed by atoms with E-state index in [9.17, 15) is 0 Å². The van der Waals surface area contributed by atoms with Gasteiger partial charge < -0.3 is 10.3 Å². The largest absolute Gasteiger partial charge is 0.348 e. The lowest BCUT2D eigenvalue weighted by molar-refractivity contribution is 0.667. The first-order chi connectivity index (χ1) is 8.42. The van der Waals surface area contributed by atoms with Crippen molar-refractivity contribution in [1.82, 2.24) is 20.3 Å². The van der Waals surface area contributed by atoms with Gasteiger partial charge in [0.05, 0.1) is 16.8 Å². The van der Waals surface area contributed by atoms with Crippen LogP contribution in [0.15, 0.2) is 36.7 Å². The van der Waals surface area contributed by atoms with E-state index in [0.717, 1.165) is 29.4 Å². The Hall–Kier alpha value is -1.72. The molecule has 2 N–H and O–H groups in total. The second kappa shape index (κ2) is 4.65. The Morgan fingerprint density at radius 1 is 1.24 bits per heavy atom. The van der Waals surface area contributed by atoms with E-state index in [-0.39, 0.29) is 0 Å². The van der Waals surface area contributed by atoms with Crippen LogP contribution in [0, 0.1) is 0 Å². The summed E-state index contributed by atoms with van der Waals surface area (Å²) < 4.78 is 1.24. The van der Waals surface area contributed by atoms with E-state index < -0.39 is 0 Å². The zero-order valence-corrected chi connectivity index (χ0v) is 10.00. The highest BCUT2D eigenvalue weighted by Gasteiger charge is 2.02. The number of aromatic nitrogens is 3. The molecule has 3 aromatic rings. The Morgan fingerprint density at radius 2 is 2.18 bits per heavy atom. The fraction of sp³-hybridized carbons (Fsp3) is 0.167. The molecule has 0 spiro atoms. The Labute approximate surface area is 103 Å². The lowest BCUT2D eigenvalue weighted by Crippen LogP contribution is -2.13. The van der Waals surface area contributed by atoms with Crippen LogP contribution < -0.4 is 5.32 Å². The van der Waals surface area contributed by atoms with Gasteiger partial charge in [-0.05, 0) is 12.1 Å². The summed E-state index contributed by atoms with van der Waals surface area (Å²) in [5.41, 5.74) is 1.08. The maximum atomic E-state index is 4.56. The van der Waals surface area contributed by atoms with Gasteiger partial charge in [0, 0.05) is 18.9 Å². The van der Waals surface area contributed by atoms with Crippen LogP contribution in [0.1, 0.15) is 10.8 Å². The van der Waals surface area contributed by atoms with Crippen LogP contribution in [-0.4, -0.2) is 15.0 Å². The number of H-pyrrole nitrogens is 1. The molecule has 0 atom stereocenters. The molecule has 1 aromatic carbocycles. The molecule has 0 fully saturated rings. The van der Waals surface area contributed by atoms with Crippen molar-refractivity contribution in [2.24, 2.45) is 0 Å². The number of nitrogens with zero attached hydrogens (tertiary/aromatic N) is 2. The molecular weight excluding hydrogens is 232 g/mol. The van der Waals surface area contributed by atoms with Gasteiger partial charge in [0.25, 0.3) is 0 Å². The molecule has 4 nitrogen and oxygen atoms in total. The van der Waals surface area contributed by atoms with Crippen LogP contribution in [0.3, 0.4) is 0 Å². The molecule has 17 heavy (non-hydrogen) atoms. The number of imidazole rings is 1. The van der Waals surface area contributed by atoms with Gasteiger partial charge in [0.15, 0.2) is 0 Å². The second-order valence-corrected chi connectivity index (χ2v) is 4.83. The van der Waals surface area contributed by atoms with Crippen molar-refractivity contribution < 1.29 is 0 Å². The number of hydrogen-bond donors (Lipinski definition) is 2. The third-order valence-corrected chi connectivity index (χ3v) is 3.50. The SMILES string of the molecule is c1ccc2sc(CNCc3ncc[nH]3)nc2c1. The first-order valence-corrected chi connectivity index (χ1v) is 6.27.